The summed E-state index contributed by atoms with van der Waals surface area (Å²) in [6, 6.07) is 0. The Labute approximate surface area is 167 Å². The first kappa shape index (κ1) is 24.6. The van der Waals surface area contributed by atoms with Crippen LogP contribution in [-0.4, -0.2) is 67.1 Å². The van der Waals surface area contributed by atoms with Gasteiger partial charge in [0.25, 0.3) is 0 Å². The molecule has 9 heteroatoms. The molecule has 2 heterocycles. The van der Waals surface area contributed by atoms with Crippen LogP contribution in [0.1, 0.15) is 37.1 Å². The van der Waals surface area contributed by atoms with Gasteiger partial charge in [0.2, 0.25) is 5.91 Å². The van der Waals surface area contributed by atoms with Crippen molar-refractivity contribution in [2.24, 2.45) is 0 Å². The largest absolute Gasteiger partial charge is 0.372 e. The Morgan fingerprint density at radius 1 is 1.44 bits per heavy atom. The second kappa shape index (κ2) is 12.8. The minimum absolute atomic E-state index is 0. The molecule has 1 aromatic rings. The van der Waals surface area contributed by atoms with E-state index in [4.69, 9.17) is 4.74 Å². The predicted octanol–water partition coefficient (Wildman–Crippen LogP) is 2.34. The molecule has 0 aliphatic carbocycles. The Morgan fingerprint density at radius 3 is 2.76 bits per heavy atom. The molecule has 0 spiro atoms. The maximum Gasteiger partial charge on any atom is 0.223 e. The number of ether oxygens (including phenoxy) is 1. The fourth-order valence-corrected chi connectivity index (χ4v) is 3.43. The number of halogens is 2. The van der Waals surface area contributed by atoms with Crippen LogP contribution in [0.4, 0.5) is 0 Å². The van der Waals surface area contributed by atoms with Crippen LogP contribution in [-0.2, 0) is 16.1 Å². The molecule has 6 nitrogen and oxygen atoms in total. The molecule has 1 aliphatic rings. The lowest BCUT2D eigenvalue weighted by molar-refractivity contribution is -0.132. The fourth-order valence-electron chi connectivity index (χ4n) is 2.62. The summed E-state index contributed by atoms with van der Waals surface area (Å²) in [4.78, 5) is 20.9. The molecule has 2 rings (SSSR count). The van der Waals surface area contributed by atoms with E-state index in [1.807, 2.05) is 25.8 Å². The van der Waals surface area contributed by atoms with Crippen molar-refractivity contribution in [1.29, 1.82) is 0 Å². The summed E-state index contributed by atoms with van der Waals surface area (Å²) in [6.45, 7) is 9.71. The third-order valence-corrected chi connectivity index (χ3v) is 5.00. The van der Waals surface area contributed by atoms with E-state index in [1.165, 1.54) is 0 Å². The highest BCUT2D eigenvalue weighted by Crippen LogP contribution is 2.21. The molecule has 1 atom stereocenters. The van der Waals surface area contributed by atoms with Gasteiger partial charge in [-0.05, 0) is 20.9 Å². The van der Waals surface area contributed by atoms with Gasteiger partial charge in [-0.25, -0.2) is 4.98 Å². The first-order valence-corrected chi connectivity index (χ1v) is 9.21. The van der Waals surface area contributed by atoms with Gasteiger partial charge in [0.05, 0.1) is 5.69 Å². The SMILES string of the molecule is CCOC(C)c1nc(CN(C)CCC(=O)N2CCNCC2)cs1.Cl.Cl. The summed E-state index contributed by atoms with van der Waals surface area (Å²) in [6.07, 6.45) is 0.626. The second-order valence-electron chi connectivity index (χ2n) is 5.89. The quantitative estimate of drug-likeness (QED) is 0.709. The number of carbonyl (C=O) groups excluding carboxylic acids is 1. The smallest absolute Gasteiger partial charge is 0.223 e. The summed E-state index contributed by atoms with van der Waals surface area (Å²) in [7, 11) is 2.04. The number of piperazine rings is 1. The number of hydrogen-bond acceptors (Lipinski definition) is 6. The van der Waals surface area contributed by atoms with Crippen LogP contribution in [0, 0.1) is 0 Å². The molecule has 0 radical (unpaired) electrons. The van der Waals surface area contributed by atoms with E-state index in [0.717, 1.165) is 50.0 Å². The third kappa shape index (κ3) is 8.19. The van der Waals surface area contributed by atoms with Crippen LogP contribution in [0.25, 0.3) is 0 Å². The Balaban J connectivity index is 0.00000288. The first-order chi connectivity index (χ1) is 11.1. The highest BCUT2D eigenvalue weighted by atomic mass is 35.5. The summed E-state index contributed by atoms with van der Waals surface area (Å²) in [5.74, 6) is 0.252. The van der Waals surface area contributed by atoms with E-state index in [-0.39, 0.29) is 36.8 Å². The van der Waals surface area contributed by atoms with Crippen LogP contribution < -0.4 is 5.32 Å². The van der Waals surface area contributed by atoms with Gasteiger partial charge in [-0.15, -0.1) is 36.2 Å². The van der Waals surface area contributed by atoms with Crippen molar-refractivity contribution in [2.45, 2.75) is 32.9 Å². The van der Waals surface area contributed by atoms with E-state index in [1.54, 1.807) is 11.3 Å². The zero-order chi connectivity index (χ0) is 16.7. The molecule has 0 bridgehead atoms. The maximum absolute atomic E-state index is 12.2. The average Bonchev–Trinajstić information content (AvgIpc) is 3.02. The van der Waals surface area contributed by atoms with Crippen molar-refractivity contribution < 1.29 is 9.53 Å². The van der Waals surface area contributed by atoms with E-state index >= 15 is 0 Å². The van der Waals surface area contributed by atoms with Crippen molar-refractivity contribution >= 4 is 42.1 Å². The number of nitrogens with zero attached hydrogens (tertiary/aromatic N) is 3. The van der Waals surface area contributed by atoms with Gasteiger partial charge in [0.1, 0.15) is 11.1 Å². The highest BCUT2D eigenvalue weighted by molar-refractivity contribution is 7.09. The maximum atomic E-state index is 12.2. The molecule has 0 aromatic carbocycles. The third-order valence-electron chi connectivity index (χ3n) is 3.94. The number of rotatable bonds is 8. The van der Waals surface area contributed by atoms with Gasteiger partial charge >= 0.3 is 0 Å². The van der Waals surface area contributed by atoms with Crippen LogP contribution in [0.2, 0.25) is 0 Å². The number of hydrogen-bond donors (Lipinski definition) is 1. The fraction of sp³-hybridized carbons (Fsp3) is 0.750. The highest BCUT2D eigenvalue weighted by Gasteiger charge is 2.17. The molecule has 1 aliphatic heterocycles. The summed E-state index contributed by atoms with van der Waals surface area (Å²) in [5, 5.41) is 6.37. The molecule has 1 amide bonds. The Bertz CT molecular complexity index is 498. The van der Waals surface area contributed by atoms with Gasteiger partial charge in [0.15, 0.2) is 0 Å². The van der Waals surface area contributed by atoms with Crippen LogP contribution >= 0.6 is 36.2 Å². The van der Waals surface area contributed by atoms with Gasteiger partial charge in [-0.2, -0.15) is 0 Å². The van der Waals surface area contributed by atoms with Crippen molar-refractivity contribution in [3.05, 3.63) is 16.1 Å². The molecular weight excluding hydrogens is 383 g/mol. The number of thiazole rings is 1. The van der Waals surface area contributed by atoms with Gasteiger partial charge in [0, 0.05) is 57.7 Å². The lowest BCUT2D eigenvalue weighted by Crippen LogP contribution is -2.47. The molecule has 1 aromatic heterocycles. The number of aromatic nitrogens is 1. The molecule has 1 fully saturated rings. The second-order valence-corrected chi connectivity index (χ2v) is 6.78. The van der Waals surface area contributed by atoms with Crippen molar-refractivity contribution in [2.75, 3.05) is 46.4 Å². The zero-order valence-corrected chi connectivity index (χ0v) is 17.6. The van der Waals surface area contributed by atoms with E-state index in [9.17, 15) is 4.79 Å². The lowest BCUT2D eigenvalue weighted by atomic mass is 10.3. The van der Waals surface area contributed by atoms with E-state index < -0.39 is 0 Å². The number of nitrogens with one attached hydrogen (secondary N) is 1. The summed E-state index contributed by atoms with van der Waals surface area (Å²) in [5.41, 5.74) is 1.05. The monoisotopic (exact) mass is 412 g/mol. The Hall–Kier alpha value is -0.440. The lowest BCUT2D eigenvalue weighted by Gasteiger charge is -2.28. The molecule has 1 unspecified atom stereocenters. The molecule has 146 valence electrons. The Morgan fingerprint density at radius 2 is 2.12 bits per heavy atom. The van der Waals surface area contributed by atoms with E-state index in [2.05, 4.69) is 20.6 Å². The molecule has 1 saturated heterocycles. The minimum Gasteiger partial charge on any atom is -0.372 e. The average molecular weight is 413 g/mol. The van der Waals surface area contributed by atoms with Crippen molar-refractivity contribution in [3.63, 3.8) is 0 Å². The van der Waals surface area contributed by atoms with Gasteiger partial charge in [-0.1, -0.05) is 0 Å². The number of amides is 1. The van der Waals surface area contributed by atoms with Gasteiger partial charge < -0.3 is 19.9 Å². The van der Waals surface area contributed by atoms with Crippen molar-refractivity contribution in [1.82, 2.24) is 20.1 Å². The number of carbonyl (C=O) groups is 1. The topological polar surface area (TPSA) is 57.7 Å². The summed E-state index contributed by atoms with van der Waals surface area (Å²) < 4.78 is 5.57. The predicted molar refractivity (Wildman–Crippen MR) is 107 cm³/mol. The standard InChI is InChI=1S/C16H28N4O2S.2ClH/c1-4-22-13(2)16-18-14(12-23-16)11-19(3)8-5-15(21)20-9-6-17-7-10-20;;/h12-13,17H,4-11H2,1-3H3;2*1H. The zero-order valence-electron chi connectivity index (χ0n) is 15.2. The van der Waals surface area contributed by atoms with Crippen LogP contribution in [0.15, 0.2) is 5.38 Å². The normalized spacial score (nSPS) is 15.4. The Kier molecular flexibility index (Phi) is 12.6. The first-order valence-electron chi connectivity index (χ1n) is 8.33. The molecule has 0 saturated carbocycles. The van der Waals surface area contributed by atoms with Crippen LogP contribution in [0.5, 0.6) is 0 Å². The van der Waals surface area contributed by atoms with Gasteiger partial charge in [-0.3, -0.25) is 4.79 Å². The minimum atomic E-state index is 0. The van der Waals surface area contributed by atoms with Crippen LogP contribution in [0.3, 0.4) is 0 Å². The van der Waals surface area contributed by atoms with E-state index in [0.29, 0.717) is 13.0 Å². The molecule has 1 N–H and O–H groups in total. The summed E-state index contributed by atoms with van der Waals surface area (Å²) >= 11 is 1.64. The molecular formula is C16H30Cl2N4O2S. The molecule has 25 heavy (non-hydrogen) atoms. The van der Waals surface area contributed by atoms with Crippen molar-refractivity contribution in [3.8, 4) is 0 Å².